The van der Waals surface area contributed by atoms with Gasteiger partial charge in [0.1, 0.15) is 5.78 Å². The van der Waals surface area contributed by atoms with Crippen molar-refractivity contribution in [2.45, 2.75) is 64.9 Å². The zero-order valence-corrected chi connectivity index (χ0v) is 16.4. The summed E-state index contributed by atoms with van der Waals surface area (Å²) in [5, 5.41) is 10.1. The van der Waals surface area contributed by atoms with Gasteiger partial charge in [0.05, 0.1) is 6.10 Å². The number of ketones is 1. The molecule has 140 valence electrons. The maximum Gasteiger partial charge on any atom is 0.143 e. The third-order valence-corrected chi connectivity index (χ3v) is 8.53. The lowest BCUT2D eigenvalue weighted by Crippen LogP contribution is -2.50. The molecule has 0 aromatic carbocycles. The molecule has 4 rings (SSSR count). The summed E-state index contributed by atoms with van der Waals surface area (Å²) in [4.78, 5) is 15.4. The van der Waals surface area contributed by atoms with Crippen LogP contribution in [0.3, 0.4) is 0 Å². The molecule has 3 heteroatoms. The van der Waals surface area contributed by atoms with E-state index in [1.165, 1.54) is 12.0 Å². The fourth-order valence-corrected chi connectivity index (χ4v) is 7.18. The number of rotatable bonds is 2. The average molecular weight is 346 g/mol. The molecule has 0 heterocycles. The second kappa shape index (κ2) is 5.92. The molecule has 3 nitrogen and oxygen atoms in total. The second-order valence-electron chi connectivity index (χ2n) is 10.2. The smallest absolute Gasteiger partial charge is 0.143 e. The number of carbonyl (C=O) groups excluding carboxylic acids is 1. The van der Waals surface area contributed by atoms with Crippen molar-refractivity contribution in [3.05, 3.63) is 11.6 Å². The van der Waals surface area contributed by atoms with Gasteiger partial charge < -0.3 is 10.0 Å². The SMILES string of the molecule is CN(C)CC1C[C@H]2[C@@H]3CC=C4CC(O)CC[C@]4(C)[C@H]3CC[C@]2(C)C1=O. The van der Waals surface area contributed by atoms with Gasteiger partial charge in [-0.05, 0) is 82.2 Å². The summed E-state index contributed by atoms with van der Waals surface area (Å²) in [7, 11) is 4.18. The number of hydrogen-bond acceptors (Lipinski definition) is 3. The van der Waals surface area contributed by atoms with Crippen LogP contribution in [0, 0.1) is 34.5 Å². The van der Waals surface area contributed by atoms with E-state index in [0.717, 1.165) is 45.1 Å². The zero-order valence-electron chi connectivity index (χ0n) is 16.4. The molecule has 1 N–H and O–H groups in total. The number of carbonyl (C=O) groups is 1. The largest absolute Gasteiger partial charge is 0.393 e. The lowest BCUT2D eigenvalue weighted by molar-refractivity contribution is -0.134. The molecule has 0 spiro atoms. The molecule has 0 saturated heterocycles. The first-order valence-corrected chi connectivity index (χ1v) is 10.3. The molecule has 0 aromatic heterocycles. The van der Waals surface area contributed by atoms with Gasteiger partial charge in [-0.25, -0.2) is 0 Å². The molecular formula is C22H35NO2. The van der Waals surface area contributed by atoms with Gasteiger partial charge in [0, 0.05) is 17.9 Å². The van der Waals surface area contributed by atoms with Gasteiger partial charge in [0.25, 0.3) is 0 Å². The van der Waals surface area contributed by atoms with Gasteiger partial charge in [0.15, 0.2) is 0 Å². The summed E-state index contributed by atoms with van der Waals surface area (Å²) in [6, 6.07) is 0. The van der Waals surface area contributed by atoms with Gasteiger partial charge in [-0.15, -0.1) is 0 Å². The third-order valence-electron chi connectivity index (χ3n) is 8.53. The van der Waals surface area contributed by atoms with Crippen LogP contribution >= 0.6 is 0 Å². The van der Waals surface area contributed by atoms with Crippen LogP contribution in [0.1, 0.15) is 58.8 Å². The Bertz CT molecular complexity index is 597. The van der Waals surface area contributed by atoms with Crippen molar-refractivity contribution < 1.29 is 9.90 Å². The molecule has 25 heavy (non-hydrogen) atoms. The highest BCUT2D eigenvalue weighted by molar-refractivity contribution is 5.89. The van der Waals surface area contributed by atoms with Crippen molar-refractivity contribution in [1.29, 1.82) is 0 Å². The lowest BCUT2D eigenvalue weighted by Gasteiger charge is -2.56. The summed E-state index contributed by atoms with van der Waals surface area (Å²) in [6.07, 6.45) is 9.77. The topological polar surface area (TPSA) is 40.5 Å². The summed E-state index contributed by atoms with van der Waals surface area (Å²) in [6.45, 7) is 5.64. The van der Waals surface area contributed by atoms with Crippen LogP contribution in [-0.4, -0.2) is 42.5 Å². The normalized spacial score (nSPS) is 49.4. The quantitative estimate of drug-likeness (QED) is 0.776. The Morgan fingerprint density at radius 3 is 2.60 bits per heavy atom. The number of fused-ring (bicyclic) bond motifs is 5. The highest BCUT2D eigenvalue weighted by atomic mass is 16.3. The Kier molecular flexibility index (Phi) is 4.20. The van der Waals surface area contributed by atoms with Gasteiger partial charge in [0.2, 0.25) is 0 Å². The molecule has 0 aromatic rings. The van der Waals surface area contributed by atoms with Gasteiger partial charge in [-0.2, -0.15) is 0 Å². The Labute approximate surface area is 152 Å². The minimum absolute atomic E-state index is 0.0856. The predicted molar refractivity (Wildman–Crippen MR) is 100 cm³/mol. The van der Waals surface area contributed by atoms with Crippen LogP contribution in [0.5, 0.6) is 0 Å². The number of aliphatic hydroxyl groups excluding tert-OH is 1. The molecule has 7 atom stereocenters. The van der Waals surface area contributed by atoms with E-state index >= 15 is 0 Å². The standard InChI is InChI=1S/C22H35NO2/c1-21-9-7-16(24)12-15(21)5-6-17-18(21)8-10-22(2)19(17)11-14(20(22)25)13-23(3)4/h5,14,16-19,24H,6-13H2,1-4H3/t14?,16?,17-,18+,19+,21+,22+/m1/s1. The first-order valence-electron chi connectivity index (χ1n) is 10.3. The Morgan fingerprint density at radius 1 is 1.16 bits per heavy atom. The van der Waals surface area contributed by atoms with Crippen LogP contribution in [0.4, 0.5) is 0 Å². The molecule has 3 saturated carbocycles. The fraction of sp³-hybridized carbons (Fsp3) is 0.864. The number of nitrogens with zero attached hydrogens (tertiary/aromatic N) is 1. The van der Waals surface area contributed by atoms with Crippen molar-refractivity contribution in [2.75, 3.05) is 20.6 Å². The predicted octanol–water partition coefficient (Wildman–Crippen LogP) is 3.67. The molecule has 0 radical (unpaired) electrons. The Balaban J connectivity index is 1.63. The van der Waals surface area contributed by atoms with Crippen LogP contribution in [0.2, 0.25) is 0 Å². The zero-order chi connectivity index (χ0) is 18.0. The molecule has 0 amide bonds. The maximum atomic E-state index is 13.2. The van der Waals surface area contributed by atoms with Crippen LogP contribution < -0.4 is 0 Å². The van der Waals surface area contributed by atoms with E-state index in [1.54, 1.807) is 0 Å². The van der Waals surface area contributed by atoms with E-state index in [2.05, 4.69) is 38.9 Å². The van der Waals surface area contributed by atoms with E-state index in [1.807, 2.05) is 0 Å². The average Bonchev–Trinajstić information content (AvgIpc) is 2.79. The number of aliphatic hydroxyl groups is 1. The molecule has 0 bridgehead atoms. The molecular weight excluding hydrogens is 310 g/mol. The molecule has 4 aliphatic rings. The third kappa shape index (κ3) is 2.56. The summed E-state index contributed by atoms with van der Waals surface area (Å²) in [5.41, 5.74) is 1.70. The monoisotopic (exact) mass is 345 g/mol. The van der Waals surface area contributed by atoms with Gasteiger partial charge in [-0.1, -0.05) is 25.5 Å². The second-order valence-corrected chi connectivity index (χ2v) is 10.2. The lowest BCUT2D eigenvalue weighted by atomic mass is 9.48. The minimum Gasteiger partial charge on any atom is -0.393 e. The van der Waals surface area contributed by atoms with Crippen molar-refractivity contribution in [1.82, 2.24) is 4.90 Å². The number of hydrogen-bond donors (Lipinski definition) is 1. The highest BCUT2D eigenvalue weighted by Gasteiger charge is 2.60. The van der Waals surface area contributed by atoms with Crippen LogP contribution in [-0.2, 0) is 4.79 Å². The van der Waals surface area contributed by atoms with Crippen LogP contribution in [0.25, 0.3) is 0 Å². The van der Waals surface area contributed by atoms with Crippen molar-refractivity contribution in [3.8, 4) is 0 Å². The molecule has 4 aliphatic carbocycles. The minimum atomic E-state index is -0.137. The highest BCUT2D eigenvalue weighted by Crippen LogP contribution is 2.64. The van der Waals surface area contributed by atoms with Crippen LogP contribution in [0.15, 0.2) is 11.6 Å². The van der Waals surface area contributed by atoms with Gasteiger partial charge >= 0.3 is 0 Å². The summed E-state index contributed by atoms with van der Waals surface area (Å²) in [5.74, 6) is 2.71. The molecule has 0 aliphatic heterocycles. The Hall–Kier alpha value is -0.670. The van der Waals surface area contributed by atoms with E-state index < -0.39 is 0 Å². The van der Waals surface area contributed by atoms with Crippen molar-refractivity contribution in [3.63, 3.8) is 0 Å². The first-order chi connectivity index (χ1) is 11.8. The fourth-order valence-electron chi connectivity index (χ4n) is 7.18. The van der Waals surface area contributed by atoms with Crippen molar-refractivity contribution in [2.24, 2.45) is 34.5 Å². The number of Topliss-reactive ketones (excluding diaryl/α,β-unsaturated/α-hetero) is 1. The molecule has 2 unspecified atom stereocenters. The summed E-state index contributed by atoms with van der Waals surface area (Å²) < 4.78 is 0. The van der Waals surface area contributed by atoms with E-state index in [0.29, 0.717) is 23.5 Å². The Morgan fingerprint density at radius 2 is 1.88 bits per heavy atom. The summed E-state index contributed by atoms with van der Waals surface area (Å²) >= 11 is 0. The van der Waals surface area contributed by atoms with E-state index in [4.69, 9.17) is 0 Å². The van der Waals surface area contributed by atoms with Crippen molar-refractivity contribution >= 4 is 5.78 Å². The van der Waals surface area contributed by atoms with Gasteiger partial charge in [-0.3, -0.25) is 4.79 Å². The van der Waals surface area contributed by atoms with E-state index in [9.17, 15) is 9.90 Å². The molecule has 3 fully saturated rings. The first kappa shape index (κ1) is 17.7. The van der Waals surface area contributed by atoms with E-state index in [-0.39, 0.29) is 22.9 Å². The number of allylic oxidation sites excluding steroid dienone is 1. The maximum absolute atomic E-state index is 13.2.